The summed E-state index contributed by atoms with van der Waals surface area (Å²) in [5, 5.41) is 2.61. The second kappa shape index (κ2) is 7.56. The van der Waals surface area contributed by atoms with Crippen molar-refractivity contribution in [2.24, 2.45) is 0 Å². The Morgan fingerprint density at radius 3 is 2.40 bits per heavy atom. The van der Waals surface area contributed by atoms with Crippen molar-refractivity contribution in [3.63, 3.8) is 0 Å². The lowest BCUT2D eigenvalue weighted by atomic mass is 10.2. The van der Waals surface area contributed by atoms with Crippen LogP contribution in [0.2, 0.25) is 0 Å². The molecular weight excluding hydrogens is 352 g/mol. The number of hydrogen-bond acceptors (Lipinski definition) is 4. The standard InChI is InChI=1S/C16H17F2N3O3S/c1-11(16(22)20-10-12-5-7-19-8-6-12)21(25(2,23)24)13-3-4-14(17)15(18)9-13/h3-9,11H,10H2,1-2H3,(H,20,22)/t11-/m1/s1. The molecule has 25 heavy (non-hydrogen) atoms. The van der Waals surface area contributed by atoms with Crippen LogP contribution in [0.25, 0.3) is 0 Å². The zero-order chi connectivity index (χ0) is 18.6. The van der Waals surface area contributed by atoms with Gasteiger partial charge in [0.1, 0.15) is 6.04 Å². The molecule has 0 unspecified atom stereocenters. The number of pyridine rings is 1. The van der Waals surface area contributed by atoms with Crippen molar-refractivity contribution >= 4 is 21.6 Å². The maximum Gasteiger partial charge on any atom is 0.243 e. The predicted octanol–water partition coefficient (Wildman–Crippen LogP) is 1.83. The molecule has 1 heterocycles. The molecule has 2 aromatic rings. The van der Waals surface area contributed by atoms with Crippen LogP contribution in [0, 0.1) is 11.6 Å². The van der Waals surface area contributed by atoms with E-state index in [0.29, 0.717) is 0 Å². The minimum absolute atomic E-state index is 0.132. The van der Waals surface area contributed by atoms with Gasteiger partial charge in [-0.05, 0) is 36.8 Å². The number of carbonyl (C=O) groups is 1. The van der Waals surface area contributed by atoms with Gasteiger partial charge in [-0.15, -0.1) is 0 Å². The minimum Gasteiger partial charge on any atom is -0.350 e. The number of amides is 1. The van der Waals surface area contributed by atoms with Crippen LogP contribution in [-0.2, 0) is 21.4 Å². The first-order chi connectivity index (χ1) is 11.7. The number of sulfonamides is 1. The summed E-state index contributed by atoms with van der Waals surface area (Å²) in [4.78, 5) is 16.2. The zero-order valence-corrected chi connectivity index (χ0v) is 14.4. The Kier molecular flexibility index (Phi) is 5.68. The van der Waals surface area contributed by atoms with Crippen LogP contribution in [0.1, 0.15) is 12.5 Å². The van der Waals surface area contributed by atoms with E-state index in [-0.39, 0.29) is 12.2 Å². The lowest BCUT2D eigenvalue weighted by Gasteiger charge is -2.28. The molecule has 0 radical (unpaired) electrons. The Hall–Kier alpha value is -2.55. The molecule has 0 saturated carbocycles. The van der Waals surface area contributed by atoms with Crippen LogP contribution >= 0.6 is 0 Å². The Labute approximate surface area is 144 Å². The predicted molar refractivity (Wildman–Crippen MR) is 89.2 cm³/mol. The second-order valence-electron chi connectivity index (χ2n) is 5.41. The number of halogens is 2. The van der Waals surface area contributed by atoms with Gasteiger partial charge in [-0.2, -0.15) is 0 Å². The van der Waals surface area contributed by atoms with Gasteiger partial charge >= 0.3 is 0 Å². The summed E-state index contributed by atoms with van der Waals surface area (Å²) in [6.07, 6.45) is 4.02. The molecule has 1 amide bonds. The van der Waals surface area contributed by atoms with Crippen molar-refractivity contribution in [1.29, 1.82) is 0 Å². The summed E-state index contributed by atoms with van der Waals surface area (Å²) < 4.78 is 51.4. The molecule has 1 aromatic carbocycles. The van der Waals surface area contributed by atoms with Crippen molar-refractivity contribution in [2.45, 2.75) is 19.5 Å². The summed E-state index contributed by atoms with van der Waals surface area (Å²) in [6.45, 7) is 1.55. The molecule has 1 N–H and O–H groups in total. The van der Waals surface area contributed by atoms with Gasteiger partial charge < -0.3 is 5.32 Å². The third-order valence-electron chi connectivity index (χ3n) is 3.46. The van der Waals surface area contributed by atoms with E-state index >= 15 is 0 Å². The fourth-order valence-corrected chi connectivity index (χ4v) is 3.44. The lowest BCUT2D eigenvalue weighted by Crippen LogP contribution is -2.47. The van der Waals surface area contributed by atoms with Crippen molar-refractivity contribution in [2.75, 3.05) is 10.6 Å². The average Bonchev–Trinajstić information content (AvgIpc) is 2.55. The Bertz CT molecular complexity index is 860. The maximum absolute atomic E-state index is 13.5. The fourth-order valence-electron chi connectivity index (χ4n) is 2.27. The molecule has 0 spiro atoms. The van der Waals surface area contributed by atoms with Crippen LogP contribution in [0.4, 0.5) is 14.5 Å². The van der Waals surface area contributed by atoms with E-state index in [1.807, 2.05) is 0 Å². The lowest BCUT2D eigenvalue weighted by molar-refractivity contribution is -0.122. The van der Waals surface area contributed by atoms with Gasteiger partial charge in [0.15, 0.2) is 11.6 Å². The molecule has 0 fully saturated rings. The molecule has 0 bridgehead atoms. The highest BCUT2D eigenvalue weighted by Crippen LogP contribution is 2.23. The topological polar surface area (TPSA) is 79.4 Å². The van der Waals surface area contributed by atoms with Crippen LogP contribution in [0.15, 0.2) is 42.7 Å². The first-order valence-electron chi connectivity index (χ1n) is 7.31. The Morgan fingerprint density at radius 1 is 1.20 bits per heavy atom. The van der Waals surface area contributed by atoms with Gasteiger partial charge in [0.2, 0.25) is 15.9 Å². The van der Waals surface area contributed by atoms with Gasteiger partial charge in [0.25, 0.3) is 0 Å². The SMILES string of the molecule is C[C@H](C(=O)NCc1ccncc1)N(c1ccc(F)c(F)c1)S(C)(=O)=O. The van der Waals surface area contributed by atoms with E-state index in [9.17, 15) is 22.0 Å². The normalized spacial score (nSPS) is 12.5. The molecule has 134 valence electrons. The molecule has 1 aromatic heterocycles. The number of benzene rings is 1. The van der Waals surface area contributed by atoms with Crippen LogP contribution in [0.3, 0.4) is 0 Å². The average molecular weight is 369 g/mol. The number of anilines is 1. The molecule has 0 aliphatic carbocycles. The smallest absolute Gasteiger partial charge is 0.243 e. The van der Waals surface area contributed by atoms with Crippen LogP contribution < -0.4 is 9.62 Å². The van der Waals surface area contributed by atoms with Crippen LogP contribution in [-0.4, -0.2) is 31.6 Å². The van der Waals surface area contributed by atoms with E-state index in [4.69, 9.17) is 0 Å². The minimum atomic E-state index is -3.90. The van der Waals surface area contributed by atoms with Gasteiger partial charge in [0.05, 0.1) is 11.9 Å². The summed E-state index contributed by atoms with van der Waals surface area (Å²) >= 11 is 0. The first-order valence-corrected chi connectivity index (χ1v) is 9.16. The van der Waals surface area contributed by atoms with Gasteiger partial charge in [-0.1, -0.05) is 0 Å². The van der Waals surface area contributed by atoms with Gasteiger partial charge in [-0.3, -0.25) is 14.1 Å². The van der Waals surface area contributed by atoms with E-state index < -0.39 is 33.6 Å². The van der Waals surface area contributed by atoms with Gasteiger partial charge in [0, 0.05) is 25.0 Å². The van der Waals surface area contributed by atoms with E-state index in [2.05, 4.69) is 10.3 Å². The highest BCUT2D eigenvalue weighted by atomic mass is 32.2. The van der Waals surface area contributed by atoms with E-state index in [1.54, 1.807) is 24.5 Å². The highest BCUT2D eigenvalue weighted by molar-refractivity contribution is 7.92. The molecule has 0 aliphatic heterocycles. The number of hydrogen-bond donors (Lipinski definition) is 1. The third kappa shape index (κ3) is 4.72. The van der Waals surface area contributed by atoms with Crippen molar-refractivity contribution < 1.29 is 22.0 Å². The molecule has 1 atom stereocenters. The van der Waals surface area contributed by atoms with Crippen molar-refractivity contribution in [3.8, 4) is 0 Å². The summed E-state index contributed by atoms with van der Waals surface area (Å²) in [5.41, 5.74) is 0.655. The highest BCUT2D eigenvalue weighted by Gasteiger charge is 2.29. The molecule has 9 heteroatoms. The molecular formula is C16H17F2N3O3S. The second-order valence-corrected chi connectivity index (χ2v) is 7.27. The van der Waals surface area contributed by atoms with Gasteiger partial charge in [-0.25, -0.2) is 17.2 Å². The van der Waals surface area contributed by atoms with E-state index in [0.717, 1.165) is 34.3 Å². The summed E-state index contributed by atoms with van der Waals surface area (Å²) in [5.74, 6) is -2.88. The number of rotatable bonds is 6. The largest absolute Gasteiger partial charge is 0.350 e. The maximum atomic E-state index is 13.5. The molecule has 6 nitrogen and oxygen atoms in total. The third-order valence-corrected chi connectivity index (χ3v) is 4.70. The quantitative estimate of drug-likeness (QED) is 0.843. The van der Waals surface area contributed by atoms with Crippen molar-refractivity contribution in [3.05, 3.63) is 59.9 Å². The number of carbonyl (C=O) groups excluding carboxylic acids is 1. The van der Waals surface area contributed by atoms with Crippen LogP contribution in [0.5, 0.6) is 0 Å². The molecule has 0 saturated heterocycles. The zero-order valence-electron chi connectivity index (χ0n) is 13.6. The molecule has 2 rings (SSSR count). The summed E-state index contributed by atoms with van der Waals surface area (Å²) in [6, 6.07) is 4.91. The number of nitrogens with zero attached hydrogens (tertiary/aromatic N) is 2. The monoisotopic (exact) mass is 369 g/mol. The first kappa shape index (κ1) is 18.8. The number of nitrogens with one attached hydrogen (secondary N) is 1. The van der Waals surface area contributed by atoms with E-state index in [1.165, 1.54) is 6.92 Å². The summed E-state index contributed by atoms with van der Waals surface area (Å²) in [7, 11) is -3.90. The Morgan fingerprint density at radius 2 is 1.84 bits per heavy atom. The Balaban J connectivity index is 2.22. The van der Waals surface area contributed by atoms with Crippen molar-refractivity contribution in [1.82, 2.24) is 10.3 Å². The fraction of sp³-hybridized carbons (Fsp3) is 0.250. The number of aromatic nitrogens is 1. The molecule has 0 aliphatic rings.